The van der Waals surface area contributed by atoms with Gasteiger partial charge in [0.1, 0.15) is 5.82 Å². The van der Waals surface area contributed by atoms with Crippen molar-refractivity contribution in [3.63, 3.8) is 0 Å². The van der Waals surface area contributed by atoms with Gasteiger partial charge in [0.2, 0.25) is 0 Å². The smallest absolute Gasteiger partial charge is 0.128 e. The van der Waals surface area contributed by atoms with Gasteiger partial charge in [0, 0.05) is 16.2 Å². The summed E-state index contributed by atoms with van der Waals surface area (Å²) >= 11 is 3.36. The molecule has 1 unspecified atom stereocenters. The molecule has 0 aliphatic heterocycles. The van der Waals surface area contributed by atoms with Crippen molar-refractivity contribution in [2.24, 2.45) is 0 Å². The van der Waals surface area contributed by atoms with E-state index in [0.29, 0.717) is 5.56 Å². The Kier molecular flexibility index (Phi) is 5.05. The predicted molar refractivity (Wildman–Crippen MR) is 78.5 cm³/mol. The van der Waals surface area contributed by atoms with Crippen LogP contribution in [-0.2, 0) is 0 Å². The van der Waals surface area contributed by atoms with Gasteiger partial charge in [0.15, 0.2) is 0 Å². The van der Waals surface area contributed by atoms with E-state index in [4.69, 9.17) is 0 Å². The zero-order chi connectivity index (χ0) is 13.7. The van der Waals surface area contributed by atoms with Crippen LogP contribution in [0.5, 0.6) is 0 Å². The lowest BCUT2D eigenvalue weighted by atomic mass is 10.0. The summed E-state index contributed by atoms with van der Waals surface area (Å²) in [6, 6.07) is 10.4. The second-order valence-corrected chi connectivity index (χ2v) is 5.23. The lowest BCUT2D eigenvalue weighted by Crippen LogP contribution is -2.24. The summed E-state index contributed by atoms with van der Waals surface area (Å²) in [6.45, 7) is 2.90. The molecule has 1 atom stereocenters. The third-order valence-electron chi connectivity index (χ3n) is 2.86. The van der Waals surface area contributed by atoms with Gasteiger partial charge >= 0.3 is 0 Å². The molecule has 0 radical (unpaired) electrons. The number of hydrogen-bond acceptors (Lipinski definition) is 2. The van der Waals surface area contributed by atoms with Crippen LogP contribution < -0.4 is 5.32 Å². The monoisotopic (exact) mass is 322 g/mol. The molecule has 2 nitrogen and oxygen atoms in total. The van der Waals surface area contributed by atoms with Crippen molar-refractivity contribution in [3.05, 3.63) is 64.1 Å². The molecule has 0 saturated heterocycles. The highest BCUT2D eigenvalue weighted by Gasteiger charge is 2.17. The number of halogens is 2. The molecule has 100 valence electrons. The van der Waals surface area contributed by atoms with Crippen LogP contribution in [0.15, 0.2) is 47.1 Å². The molecule has 4 heteroatoms. The van der Waals surface area contributed by atoms with E-state index < -0.39 is 0 Å². The summed E-state index contributed by atoms with van der Waals surface area (Å²) in [6.07, 6.45) is 2.72. The highest BCUT2D eigenvalue weighted by molar-refractivity contribution is 9.10. The molecular formula is C15H16BrFN2. The average Bonchev–Trinajstić information content (AvgIpc) is 2.43. The first-order chi connectivity index (χ1) is 9.22. The molecule has 0 saturated carbocycles. The first-order valence-electron chi connectivity index (χ1n) is 6.31. The minimum absolute atomic E-state index is 0.208. The maximum atomic E-state index is 14.0. The Morgan fingerprint density at radius 2 is 2.05 bits per heavy atom. The highest BCUT2D eigenvalue weighted by atomic mass is 79.9. The van der Waals surface area contributed by atoms with Crippen LogP contribution in [0.4, 0.5) is 4.39 Å². The second kappa shape index (κ2) is 6.78. The first kappa shape index (κ1) is 14.2. The number of benzene rings is 1. The van der Waals surface area contributed by atoms with E-state index in [1.54, 1.807) is 18.3 Å². The molecule has 1 aromatic carbocycles. The fraction of sp³-hybridized carbons (Fsp3) is 0.267. The number of rotatable bonds is 5. The zero-order valence-corrected chi connectivity index (χ0v) is 12.3. The summed E-state index contributed by atoms with van der Waals surface area (Å²) in [5.74, 6) is -0.208. The van der Waals surface area contributed by atoms with E-state index in [1.165, 1.54) is 6.07 Å². The topological polar surface area (TPSA) is 24.9 Å². The molecule has 1 aromatic heterocycles. The summed E-state index contributed by atoms with van der Waals surface area (Å²) in [5, 5.41) is 3.34. The quantitative estimate of drug-likeness (QED) is 0.897. The molecule has 2 rings (SSSR count). The maximum absolute atomic E-state index is 14.0. The van der Waals surface area contributed by atoms with Crippen LogP contribution in [0.3, 0.4) is 0 Å². The van der Waals surface area contributed by atoms with Gasteiger partial charge in [0.05, 0.1) is 11.7 Å². The molecular weight excluding hydrogens is 307 g/mol. The Balaban J connectivity index is 2.35. The fourth-order valence-electron chi connectivity index (χ4n) is 1.93. The summed E-state index contributed by atoms with van der Waals surface area (Å²) in [7, 11) is 0. The van der Waals surface area contributed by atoms with Crippen molar-refractivity contribution >= 4 is 15.9 Å². The first-order valence-corrected chi connectivity index (χ1v) is 7.11. The number of nitrogens with zero attached hydrogens (tertiary/aromatic N) is 1. The van der Waals surface area contributed by atoms with Crippen LogP contribution >= 0.6 is 15.9 Å². The highest BCUT2D eigenvalue weighted by Crippen LogP contribution is 2.23. The molecule has 19 heavy (non-hydrogen) atoms. The average molecular weight is 323 g/mol. The zero-order valence-electron chi connectivity index (χ0n) is 10.7. The summed E-state index contributed by atoms with van der Waals surface area (Å²) in [5.41, 5.74) is 1.45. The Labute approximate surface area is 121 Å². The molecule has 1 N–H and O–H groups in total. The van der Waals surface area contributed by atoms with Gasteiger partial charge in [-0.15, -0.1) is 0 Å². The minimum atomic E-state index is -0.214. The predicted octanol–water partition coefficient (Wildman–Crippen LogP) is 4.07. The lowest BCUT2D eigenvalue weighted by molar-refractivity contribution is 0.539. The van der Waals surface area contributed by atoms with Gasteiger partial charge < -0.3 is 5.32 Å². The van der Waals surface area contributed by atoms with Gasteiger partial charge in [-0.1, -0.05) is 25.1 Å². The van der Waals surface area contributed by atoms with Crippen LogP contribution in [0.2, 0.25) is 0 Å². The molecule has 2 aromatic rings. The van der Waals surface area contributed by atoms with Crippen LogP contribution in [-0.4, -0.2) is 11.5 Å². The molecule has 0 bridgehead atoms. The van der Waals surface area contributed by atoms with Crippen LogP contribution in [0.25, 0.3) is 0 Å². The number of nitrogens with one attached hydrogen (secondary N) is 1. The Hall–Kier alpha value is -1.26. The Bertz CT molecular complexity index is 528. The van der Waals surface area contributed by atoms with E-state index >= 15 is 0 Å². The second-order valence-electron chi connectivity index (χ2n) is 4.31. The van der Waals surface area contributed by atoms with E-state index in [2.05, 4.69) is 33.2 Å². The summed E-state index contributed by atoms with van der Waals surface area (Å²) in [4.78, 5) is 4.37. The van der Waals surface area contributed by atoms with Gasteiger partial charge in [-0.2, -0.15) is 0 Å². The van der Waals surface area contributed by atoms with Crippen molar-refractivity contribution in [2.75, 3.05) is 6.54 Å². The molecule has 0 aliphatic carbocycles. The van der Waals surface area contributed by atoms with Crippen molar-refractivity contribution in [3.8, 4) is 0 Å². The molecule has 0 amide bonds. The van der Waals surface area contributed by atoms with Crippen molar-refractivity contribution in [2.45, 2.75) is 19.4 Å². The van der Waals surface area contributed by atoms with Crippen molar-refractivity contribution < 1.29 is 4.39 Å². The SMILES string of the molecule is CCCNC(c1ccc(Br)cn1)c1ccccc1F. The third kappa shape index (κ3) is 3.61. The number of pyridine rings is 1. The van der Waals surface area contributed by atoms with Crippen LogP contribution in [0.1, 0.15) is 30.6 Å². The summed E-state index contributed by atoms with van der Waals surface area (Å²) < 4.78 is 14.9. The lowest BCUT2D eigenvalue weighted by Gasteiger charge is -2.19. The molecule has 0 fully saturated rings. The van der Waals surface area contributed by atoms with E-state index in [0.717, 1.165) is 23.1 Å². The molecule has 0 aliphatic rings. The minimum Gasteiger partial charge on any atom is -0.305 e. The van der Waals surface area contributed by atoms with Gasteiger partial charge in [-0.05, 0) is 47.1 Å². The van der Waals surface area contributed by atoms with E-state index in [9.17, 15) is 4.39 Å². The van der Waals surface area contributed by atoms with Gasteiger partial charge in [-0.3, -0.25) is 4.98 Å². The van der Waals surface area contributed by atoms with Crippen molar-refractivity contribution in [1.82, 2.24) is 10.3 Å². The van der Waals surface area contributed by atoms with Gasteiger partial charge in [-0.25, -0.2) is 4.39 Å². The van der Waals surface area contributed by atoms with E-state index in [1.807, 2.05) is 18.2 Å². The number of hydrogen-bond donors (Lipinski definition) is 1. The van der Waals surface area contributed by atoms with E-state index in [-0.39, 0.29) is 11.9 Å². The van der Waals surface area contributed by atoms with Gasteiger partial charge in [0.25, 0.3) is 0 Å². The Morgan fingerprint density at radius 1 is 1.26 bits per heavy atom. The number of aromatic nitrogens is 1. The molecule has 1 heterocycles. The standard InChI is InChI=1S/C15H16BrFN2/c1-2-9-18-15(12-5-3-4-6-13(12)17)14-8-7-11(16)10-19-14/h3-8,10,15,18H,2,9H2,1H3. The maximum Gasteiger partial charge on any atom is 0.128 e. The molecule has 0 spiro atoms. The fourth-order valence-corrected chi connectivity index (χ4v) is 2.16. The Morgan fingerprint density at radius 3 is 2.68 bits per heavy atom. The third-order valence-corrected chi connectivity index (χ3v) is 3.33. The van der Waals surface area contributed by atoms with Crippen molar-refractivity contribution in [1.29, 1.82) is 0 Å². The largest absolute Gasteiger partial charge is 0.305 e. The van der Waals surface area contributed by atoms with Crippen LogP contribution in [0, 0.1) is 5.82 Å². The normalized spacial score (nSPS) is 12.4.